The number of nitrogens with one attached hydrogen (secondary N) is 1. The van der Waals surface area contributed by atoms with Crippen molar-refractivity contribution in [1.82, 2.24) is 4.98 Å². The van der Waals surface area contributed by atoms with E-state index in [1.54, 1.807) is 20.8 Å². The quantitative estimate of drug-likeness (QED) is 0.647. The van der Waals surface area contributed by atoms with Gasteiger partial charge < -0.3 is 4.98 Å². The molecule has 3 nitrogen and oxygen atoms in total. The van der Waals surface area contributed by atoms with Gasteiger partial charge in [-0.15, -0.1) is 11.8 Å². The van der Waals surface area contributed by atoms with E-state index in [9.17, 15) is 18.4 Å². The number of Topliss-reactive ketones (excluding diaryl/α,β-unsaturated/α-hetero) is 2. The average Bonchev–Trinajstić information content (AvgIpc) is 2.76. The van der Waals surface area contributed by atoms with Gasteiger partial charge >= 0.3 is 0 Å². The van der Waals surface area contributed by atoms with Crippen LogP contribution in [0.3, 0.4) is 0 Å². The number of ketones is 2. The summed E-state index contributed by atoms with van der Waals surface area (Å²) in [6, 6.07) is 3.25. The van der Waals surface area contributed by atoms with E-state index >= 15 is 0 Å². The van der Waals surface area contributed by atoms with E-state index in [4.69, 9.17) is 0 Å². The van der Waals surface area contributed by atoms with Crippen LogP contribution in [0.5, 0.6) is 0 Å². The number of aryl methyl sites for hydroxylation is 1. The molecule has 0 aliphatic heterocycles. The van der Waals surface area contributed by atoms with Gasteiger partial charge in [-0.3, -0.25) is 9.59 Å². The number of rotatable bonds is 5. The van der Waals surface area contributed by atoms with Crippen LogP contribution in [0.2, 0.25) is 0 Å². The van der Waals surface area contributed by atoms with Crippen LogP contribution in [-0.4, -0.2) is 21.8 Å². The average molecular weight is 337 g/mol. The molecule has 6 heteroatoms. The van der Waals surface area contributed by atoms with Crippen molar-refractivity contribution in [2.24, 2.45) is 0 Å². The molecule has 0 saturated carbocycles. The monoisotopic (exact) mass is 337 g/mol. The molecule has 0 amide bonds. The zero-order valence-corrected chi connectivity index (χ0v) is 14.1. The molecule has 0 unspecified atom stereocenters. The Labute approximate surface area is 137 Å². The molecule has 0 aliphatic carbocycles. The van der Waals surface area contributed by atoms with E-state index in [1.807, 2.05) is 0 Å². The van der Waals surface area contributed by atoms with Crippen LogP contribution in [0.4, 0.5) is 8.78 Å². The first-order valence-corrected chi connectivity index (χ1v) is 7.96. The van der Waals surface area contributed by atoms with Gasteiger partial charge in [0.1, 0.15) is 11.6 Å². The van der Waals surface area contributed by atoms with Gasteiger partial charge in [-0.25, -0.2) is 8.78 Å². The minimum absolute atomic E-state index is 0.111. The Morgan fingerprint density at radius 1 is 1.22 bits per heavy atom. The summed E-state index contributed by atoms with van der Waals surface area (Å²) in [5, 5.41) is -0.577. The molecule has 0 radical (unpaired) electrons. The van der Waals surface area contributed by atoms with Gasteiger partial charge in [-0.2, -0.15) is 0 Å². The Balaban J connectivity index is 2.27. The summed E-state index contributed by atoms with van der Waals surface area (Å²) in [5.41, 5.74) is 2.12. The Kier molecular flexibility index (Phi) is 5.04. The van der Waals surface area contributed by atoms with Crippen molar-refractivity contribution in [2.75, 3.05) is 0 Å². The van der Waals surface area contributed by atoms with Gasteiger partial charge in [0.05, 0.1) is 10.9 Å². The summed E-state index contributed by atoms with van der Waals surface area (Å²) in [4.78, 5) is 27.4. The molecule has 0 saturated heterocycles. The maximum atomic E-state index is 13.7. The molecule has 1 aromatic heterocycles. The third kappa shape index (κ3) is 3.52. The Hall–Kier alpha value is -1.95. The van der Waals surface area contributed by atoms with Gasteiger partial charge in [-0.05, 0) is 45.4 Å². The first kappa shape index (κ1) is 17.4. The molecule has 2 rings (SSSR count). The van der Waals surface area contributed by atoms with E-state index in [-0.39, 0.29) is 16.5 Å². The number of hydrogen-bond donors (Lipinski definition) is 1. The van der Waals surface area contributed by atoms with Crippen molar-refractivity contribution in [3.63, 3.8) is 0 Å². The topological polar surface area (TPSA) is 49.9 Å². The Bertz CT molecular complexity index is 783. The van der Waals surface area contributed by atoms with Crippen LogP contribution in [0.15, 0.2) is 23.1 Å². The lowest BCUT2D eigenvalue weighted by Crippen LogP contribution is -2.15. The summed E-state index contributed by atoms with van der Waals surface area (Å²) in [7, 11) is 0. The summed E-state index contributed by atoms with van der Waals surface area (Å²) < 4.78 is 26.6. The number of aromatic amines is 1. The summed E-state index contributed by atoms with van der Waals surface area (Å²) >= 11 is 1.02. The van der Waals surface area contributed by atoms with E-state index in [0.29, 0.717) is 22.5 Å². The summed E-state index contributed by atoms with van der Waals surface area (Å²) in [6.07, 6.45) is 0. The number of H-pyrrole nitrogens is 1. The Morgan fingerprint density at radius 2 is 1.87 bits per heavy atom. The number of carbonyl (C=O) groups excluding carboxylic acids is 2. The molecule has 2 aromatic rings. The van der Waals surface area contributed by atoms with Gasteiger partial charge in [-0.1, -0.05) is 0 Å². The molecule has 0 spiro atoms. The highest BCUT2D eigenvalue weighted by atomic mass is 32.2. The van der Waals surface area contributed by atoms with E-state index in [1.165, 1.54) is 13.0 Å². The van der Waals surface area contributed by atoms with Crippen LogP contribution >= 0.6 is 11.8 Å². The molecule has 1 aromatic carbocycles. The predicted molar refractivity (Wildman–Crippen MR) is 86.3 cm³/mol. The van der Waals surface area contributed by atoms with Crippen LogP contribution < -0.4 is 0 Å². The minimum Gasteiger partial charge on any atom is -0.355 e. The maximum Gasteiger partial charge on any atom is 0.192 e. The molecule has 122 valence electrons. The highest BCUT2D eigenvalue weighted by Gasteiger charge is 2.24. The van der Waals surface area contributed by atoms with Crippen molar-refractivity contribution >= 4 is 23.3 Å². The van der Waals surface area contributed by atoms with Crippen LogP contribution in [0, 0.1) is 25.5 Å². The fraction of sp³-hybridized carbons (Fsp3) is 0.294. The summed E-state index contributed by atoms with van der Waals surface area (Å²) in [6.45, 7) is 6.55. The third-order valence-corrected chi connectivity index (χ3v) is 4.76. The molecule has 23 heavy (non-hydrogen) atoms. The number of benzene rings is 1. The van der Waals surface area contributed by atoms with Crippen LogP contribution in [-0.2, 0) is 0 Å². The van der Waals surface area contributed by atoms with Gasteiger partial charge in [0.2, 0.25) is 0 Å². The molecular formula is C17H17F2NO2S. The highest BCUT2D eigenvalue weighted by molar-refractivity contribution is 8.00. The van der Waals surface area contributed by atoms with Crippen LogP contribution in [0.25, 0.3) is 0 Å². The smallest absolute Gasteiger partial charge is 0.192 e. The van der Waals surface area contributed by atoms with E-state index in [0.717, 1.165) is 23.9 Å². The number of halogens is 2. The molecule has 0 aliphatic rings. The number of aromatic nitrogens is 1. The molecule has 1 N–H and O–H groups in total. The zero-order valence-electron chi connectivity index (χ0n) is 13.3. The molecule has 0 bridgehead atoms. The van der Waals surface area contributed by atoms with Crippen molar-refractivity contribution in [2.45, 2.75) is 37.8 Å². The second-order valence-electron chi connectivity index (χ2n) is 5.38. The summed E-state index contributed by atoms with van der Waals surface area (Å²) in [5.74, 6) is -1.70. The fourth-order valence-corrected chi connectivity index (χ4v) is 3.47. The fourth-order valence-electron chi connectivity index (χ4n) is 2.54. The van der Waals surface area contributed by atoms with Crippen molar-refractivity contribution < 1.29 is 18.4 Å². The van der Waals surface area contributed by atoms with Crippen molar-refractivity contribution in [3.8, 4) is 0 Å². The second kappa shape index (κ2) is 6.66. The maximum absolute atomic E-state index is 13.7. The number of hydrogen-bond acceptors (Lipinski definition) is 3. The molecule has 0 fully saturated rings. The van der Waals surface area contributed by atoms with E-state index < -0.39 is 16.9 Å². The van der Waals surface area contributed by atoms with Crippen molar-refractivity contribution in [1.29, 1.82) is 0 Å². The second-order valence-corrected chi connectivity index (χ2v) is 6.76. The number of carbonyl (C=O) groups is 2. The lowest BCUT2D eigenvalue weighted by atomic mass is 10.0. The first-order chi connectivity index (χ1) is 10.7. The van der Waals surface area contributed by atoms with Gasteiger partial charge in [0, 0.05) is 22.2 Å². The highest BCUT2D eigenvalue weighted by Crippen LogP contribution is 2.30. The largest absolute Gasteiger partial charge is 0.355 e. The van der Waals surface area contributed by atoms with E-state index in [2.05, 4.69) is 4.98 Å². The zero-order chi connectivity index (χ0) is 17.3. The van der Waals surface area contributed by atoms with Crippen LogP contribution in [0.1, 0.15) is 46.0 Å². The predicted octanol–water partition coefficient (Wildman–Crippen LogP) is 4.48. The lowest BCUT2D eigenvalue weighted by molar-refractivity contribution is 0.0988. The molecular weight excluding hydrogens is 320 g/mol. The van der Waals surface area contributed by atoms with Crippen molar-refractivity contribution in [3.05, 3.63) is 52.3 Å². The number of thioether (sulfide) groups is 1. The lowest BCUT2D eigenvalue weighted by Gasteiger charge is -2.11. The van der Waals surface area contributed by atoms with Gasteiger partial charge in [0.15, 0.2) is 11.6 Å². The third-order valence-electron chi connectivity index (χ3n) is 3.60. The standard InChI is InChI=1S/C17H17F2NO2S/c1-8-15(10(3)21)9(2)20-16(8)17(22)11(4)23-14-6-5-12(18)7-13(14)19/h5-7,11,20H,1-4H3/t11-/m0/s1. The Morgan fingerprint density at radius 3 is 2.39 bits per heavy atom. The molecule has 1 heterocycles. The molecule has 1 atom stereocenters. The minimum atomic E-state index is -0.696. The van der Waals surface area contributed by atoms with Gasteiger partial charge in [0.25, 0.3) is 0 Å². The SMILES string of the molecule is CC(=O)c1c(C)[nH]c(C(=O)[C@H](C)Sc2ccc(F)cc2F)c1C. The first-order valence-electron chi connectivity index (χ1n) is 7.08. The normalized spacial score (nSPS) is 12.3.